The van der Waals surface area contributed by atoms with Crippen LogP contribution in [0.4, 0.5) is 0 Å². The summed E-state index contributed by atoms with van der Waals surface area (Å²) < 4.78 is 5.12. The van der Waals surface area contributed by atoms with Gasteiger partial charge in [-0.2, -0.15) is 0 Å². The Morgan fingerprint density at radius 1 is 1.26 bits per heavy atom. The maximum Gasteiger partial charge on any atom is 0.331 e. The van der Waals surface area contributed by atoms with Crippen LogP contribution in [0, 0.1) is 11.8 Å². The molecule has 1 fully saturated rings. The van der Waals surface area contributed by atoms with E-state index in [2.05, 4.69) is 25.2 Å². The van der Waals surface area contributed by atoms with Crippen LogP contribution in [-0.2, 0) is 9.53 Å². The monoisotopic (exact) mass is 258 g/mol. The number of rotatable bonds is 6. The molecule has 0 aromatic heterocycles. The van der Waals surface area contributed by atoms with Crippen molar-refractivity contribution in [2.45, 2.75) is 38.7 Å². The number of unbranched alkanes of at least 4 members (excludes halogenated alkanes) is 1. The maximum absolute atomic E-state index is 11.0. The third kappa shape index (κ3) is 5.29. The van der Waals surface area contributed by atoms with Crippen molar-refractivity contribution in [3.8, 4) is 0 Å². The first-order chi connectivity index (χ1) is 9.25. The molecule has 19 heavy (non-hydrogen) atoms. The number of cyclic esters (lactones) is 1. The van der Waals surface area contributed by atoms with E-state index in [9.17, 15) is 4.79 Å². The lowest BCUT2D eigenvalue weighted by atomic mass is 10.2. The van der Waals surface area contributed by atoms with Gasteiger partial charge in [-0.25, -0.2) is 4.79 Å². The number of carbonyl (C=O) groups is 1. The second-order valence-electron chi connectivity index (χ2n) is 5.31. The van der Waals surface area contributed by atoms with Gasteiger partial charge in [-0.15, -0.1) is 0 Å². The van der Waals surface area contributed by atoms with Crippen molar-refractivity contribution >= 4 is 5.97 Å². The average molecular weight is 258 g/mol. The van der Waals surface area contributed by atoms with Crippen molar-refractivity contribution < 1.29 is 9.53 Å². The lowest BCUT2D eigenvalue weighted by Gasteiger charge is -2.13. The topological polar surface area (TPSA) is 26.3 Å². The van der Waals surface area contributed by atoms with E-state index in [1.54, 1.807) is 0 Å². The van der Waals surface area contributed by atoms with Crippen molar-refractivity contribution in [2.24, 2.45) is 11.8 Å². The normalized spacial score (nSPS) is 30.6. The molecule has 2 rings (SSSR count). The van der Waals surface area contributed by atoms with Gasteiger partial charge in [0.15, 0.2) is 0 Å². The molecular formula is C17H22O2. The smallest absolute Gasteiger partial charge is 0.331 e. The molecule has 1 aliphatic carbocycles. The van der Waals surface area contributed by atoms with Crippen LogP contribution in [0.15, 0.2) is 48.6 Å². The van der Waals surface area contributed by atoms with Crippen molar-refractivity contribution in [1.29, 1.82) is 0 Å². The molecule has 2 aliphatic rings. The summed E-state index contributed by atoms with van der Waals surface area (Å²) in [5, 5.41) is 0. The highest BCUT2D eigenvalue weighted by Gasteiger charge is 2.29. The average Bonchev–Trinajstić information content (AvgIpc) is 3.09. The highest BCUT2D eigenvalue weighted by molar-refractivity contribution is 5.82. The Hall–Kier alpha value is -1.57. The van der Waals surface area contributed by atoms with Crippen molar-refractivity contribution in [2.75, 3.05) is 0 Å². The molecule has 1 heterocycles. The summed E-state index contributed by atoms with van der Waals surface area (Å²) in [6.45, 7) is 2.30. The summed E-state index contributed by atoms with van der Waals surface area (Å²) in [7, 11) is 0. The van der Waals surface area contributed by atoms with Crippen molar-refractivity contribution in [1.82, 2.24) is 0 Å². The van der Waals surface area contributed by atoms with Gasteiger partial charge in [0, 0.05) is 12.5 Å². The molecule has 0 aromatic carbocycles. The SMILES string of the molecule is C[C@H]1C[C@@H]1/C=C/CC/C=C/C=C/[C@H]1CC=CC(=O)O1. The molecule has 1 aliphatic heterocycles. The molecular weight excluding hydrogens is 236 g/mol. The van der Waals surface area contributed by atoms with Crippen LogP contribution in [0.3, 0.4) is 0 Å². The lowest BCUT2D eigenvalue weighted by molar-refractivity contribution is -0.141. The van der Waals surface area contributed by atoms with Gasteiger partial charge in [-0.3, -0.25) is 0 Å². The van der Waals surface area contributed by atoms with E-state index in [4.69, 9.17) is 4.74 Å². The van der Waals surface area contributed by atoms with E-state index in [1.807, 2.05) is 24.3 Å². The molecule has 2 nitrogen and oxygen atoms in total. The third-order valence-electron chi connectivity index (χ3n) is 3.52. The summed E-state index contributed by atoms with van der Waals surface area (Å²) in [6.07, 6.45) is 20.3. The van der Waals surface area contributed by atoms with Gasteiger partial charge >= 0.3 is 5.97 Å². The van der Waals surface area contributed by atoms with Gasteiger partial charge in [-0.1, -0.05) is 43.4 Å². The zero-order chi connectivity index (χ0) is 13.5. The quantitative estimate of drug-likeness (QED) is 0.312. The number of ether oxygens (including phenoxy) is 1. The summed E-state index contributed by atoms with van der Waals surface area (Å²) in [6, 6.07) is 0. The largest absolute Gasteiger partial charge is 0.455 e. The van der Waals surface area contributed by atoms with E-state index < -0.39 is 0 Å². The Morgan fingerprint density at radius 3 is 2.79 bits per heavy atom. The van der Waals surface area contributed by atoms with Crippen LogP contribution < -0.4 is 0 Å². The molecule has 0 saturated heterocycles. The first kappa shape index (κ1) is 13.9. The van der Waals surface area contributed by atoms with Gasteiger partial charge in [-0.05, 0) is 37.2 Å². The highest BCUT2D eigenvalue weighted by Crippen LogP contribution is 2.38. The fourth-order valence-corrected chi connectivity index (χ4v) is 2.10. The predicted octanol–water partition coefficient (Wildman–Crippen LogP) is 3.96. The Bertz CT molecular complexity index is 415. The summed E-state index contributed by atoms with van der Waals surface area (Å²) in [5.41, 5.74) is 0. The Kier molecular flexibility index (Phi) is 5.20. The zero-order valence-corrected chi connectivity index (χ0v) is 11.5. The summed E-state index contributed by atoms with van der Waals surface area (Å²) in [5.74, 6) is 1.50. The third-order valence-corrected chi connectivity index (χ3v) is 3.52. The molecule has 0 bridgehead atoms. The minimum Gasteiger partial charge on any atom is -0.455 e. The van der Waals surface area contributed by atoms with Crippen LogP contribution in [0.5, 0.6) is 0 Å². The van der Waals surface area contributed by atoms with Crippen molar-refractivity contribution in [3.63, 3.8) is 0 Å². The molecule has 0 aromatic rings. The van der Waals surface area contributed by atoms with E-state index in [0.29, 0.717) is 0 Å². The van der Waals surface area contributed by atoms with Gasteiger partial charge in [0.2, 0.25) is 0 Å². The van der Waals surface area contributed by atoms with E-state index in [-0.39, 0.29) is 12.1 Å². The Morgan fingerprint density at radius 2 is 2.05 bits per heavy atom. The minimum absolute atomic E-state index is 0.0987. The molecule has 0 spiro atoms. The second-order valence-corrected chi connectivity index (χ2v) is 5.31. The number of hydrogen-bond donors (Lipinski definition) is 0. The fourth-order valence-electron chi connectivity index (χ4n) is 2.10. The summed E-state index contributed by atoms with van der Waals surface area (Å²) in [4.78, 5) is 11.0. The Labute approximate surface area is 115 Å². The van der Waals surface area contributed by atoms with Crippen LogP contribution in [0.25, 0.3) is 0 Å². The van der Waals surface area contributed by atoms with Crippen LogP contribution in [0.2, 0.25) is 0 Å². The zero-order valence-electron chi connectivity index (χ0n) is 11.5. The second kappa shape index (κ2) is 7.13. The van der Waals surface area contributed by atoms with Crippen LogP contribution >= 0.6 is 0 Å². The Balaban J connectivity index is 1.57. The lowest BCUT2D eigenvalue weighted by Crippen LogP contribution is -2.17. The van der Waals surface area contributed by atoms with Gasteiger partial charge in [0.1, 0.15) is 6.10 Å². The molecule has 0 unspecified atom stereocenters. The van der Waals surface area contributed by atoms with Crippen molar-refractivity contribution in [3.05, 3.63) is 48.6 Å². The molecule has 1 saturated carbocycles. The van der Waals surface area contributed by atoms with Gasteiger partial charge in [0.05, 0.1) is 0 Å². The molecule has 0 amide bonds. The van der Waals surface area contributed by atoms with E-state index >= 15 is 0 Å². The van der Waals surface area contributed by atoms with Crippen LogP contribution in [-0.4, -0.2) is 12.1 Å². The first-order valence-corrected chi connectivity index (χ1v) is 7.13. The van der Waals surface area contributed by atoms with E-state index in [0.717, 1.165) is 31.1 Å². The molecule has 2 heteroatoms. The number of allylic oxidation sites excluding steroid dienone is 5. The first-order valence-electron chi connectivity index (χ1n) is 7.13. The van der Waals surface area contributed by atoms with E-state index in [1.165, 1.54) is 12.5 Å². The summed E-state index contributed by atoms with van der Waals surface area (Å²) >= 11 is 0. The number of esters is 1. The number of hydrogen-bond acceptors (Lipinski definition) is 2. The molecule has 102 valence electrons. The predicted molar refractivity (Wildman–Crippen MR) is 77.6 cm³/mol. The van der Waals surface area contributed by atoms with Crippen LogP contribution in [0.1, 0.15) is 32.6 Å². The fraction of sp³-hybridized carbons (Fsp3) is 0.471. The standard InChI is InChI=1S/C17H22O2/c1-14-13-15(14)9-6-4-2-3-5-7-10-16-11-8-12-17(18)19-16/h3,5-10,12,14-16H,2,4,11,13H2,1H3/b5-3+,9-6+,10-7+/t14-,15-,16-/m0/s1. The van der Waals surface area contributed by atoms with Gasteiger partial charge in [0.25, 0.3) is 0 Å². The maximum atomic E-state index is 11.0. The molecule has 0 N–H and O–H groups in total. The highest BCUT2D eigenvalue weighted by atomic mass is 16.5. The van der Waals surface area contributed by atoms with Gasteiger partial charge < -0.3 is 4.74 Å². The molecule has 0 radical (unpaired) electrons. The minimum atomic E-state index is -0.246. The number of carbonyl (C=O) groups excluding carboxylic acids is 1. The molecule has 3 atom stereocenters.